The van der Waals surface area contributed by atoms with Crippen LogP contribution in [0.1, 0.15) is 41.2 Å². The van der Waals surface area contributed by atoms with Gasteiger partial charge in [-0.25, -0.2) is 0 Å². The van der Waals surface area contributed by atoms with E-state index in [1.165, 1.54) is 0 Å². The molecule has 104 valence electrons. The summed E-state index contributed by atoms with van der Waals surface area (Å²) in [5.74, 6) is 0.856. The molecular formula is C18H20O2. The van der Waals surface area contributed by atoms with Crippen LogP contribution in [0.4, 0.5) is 0 Å². The van der Waals surface area contributed by atoms with Crippen LogP contribution in [-0.4, -0.2) is 11.2 Å². The first kappa shape index (κ1) is 13.2. The molecule has 0 radical (unpaired) electrons. The highest BCUT2D eigenvalue weighted by atomic mass is 16.5. The number of rotatable bonds is 4. The molecule has 3 rings (SSSR count). The molecule has 1 fully saturated rings. The number of ether oxygens (including phenoxy) is 1. The van der Waals surface area contributed by atoms with E-state index in [0.717, 1.165) is 40.8 Å². The zero-order chi connectivity index (χ0) is 14.1. The van der Waals surface area contributed by atoms with E-state index in [0.29, 0.717) is 6.10 Å². The molecule has 0 aliphatic heterocycles. The van der Waals surface area contributed by atoms with E-state index < -0.39 is 6.10 Å². The summed E-state index contributed by atoms with van der Waals surface area (Å²) < 4.78 is 5.79. The predicted molar refractivity (Wildman–Crippen MR) is 80.1 cm³/mol. The van der Waals surface area contributed by atoms with Crippen molar-refractivity contribution < 1.29 is 9.84 Å². The molecule has 1 aliphatic carbocycles. The topological polar surface area (TPSA) is 29.5 Å². The molecule has 1 aliphatic rings. The van der Waals surface area contributed by atoms with Gasteiger partial charge in [0.15, 0.2) is 0 Å². The van der Waals surface area contributed by atoms with Crippen LogP contribution in [0.15, 0.2) is 42.5 Å². The summed E-state index contributed by atoms with van der Waals surface area (Å²) in [5.41, 5.74) is 4.12. The first-order chi connectivity index (χ1) is 9.63. The van der Waals surface area contributed by atoms with Crippen molar-refractivity contribution in [3.8, 4) is 5.75 Å². The van der Waals surface area contributed by atoms with E-state index >= 15 is 0 Å². The molecule has 0 heterocycles. The van der Waals surface area contributed by atoms with Gasteiger partial charge >= 0.3 is 0 Å². The fourth-order valence-corrected chi connectivity index (χ4v) is 2.37. The molecule has 0 spiro atoms. The third-order valence-electron chi connectivity index (χ3n) is 3.73. The standard InChI is InChI=1S/C18H20O2/c1-12-6-7-13(2)17(10-12)18(19)14-4-3-5-16(11-14)20-15-8-9-15/h3-7,10-11,15,18-19H,8-9H2,1-2H3. The minimum atomic E-state index is -0.599. The minimum Gasteiger partial charge on any atom is -0.490 e. The van der Waals surface area contributed by atoms with Gasteiger partial charge in [0.25, 0.3) is 0 Å². The summed E-state index contributed by atoms with van der Waals surface area (Å²) >= 11 is 0. The minimum absolute atomic E-state index is 0.378. The SMILES string of the molecule is Cc1ccc(C)c(C(O)c2cccc(OC3CC3)c2)c1. The Morgan fingerprint density at radius 2 is 1.90 bits per heavy atom. The summed E-state index contributed by atoms with van der Waals surface area (Å²) in [6, 6.07) is 14.0. The molecule has 0 amide bonds. The summed E-state index contributed by atoms with van der Waals surface area (Å²) in [6.07, 6.45) is 2.06. The lowest BCUT2D eigenvalue weighted by Gasteiger charge is -2.16. The maximum Gasteiger partial charge on any atom is 0.120 e. The van der Waals surface area contributed by atoms with Crippen LogP contribution in [0.2, 0.25) is 0 Å². The monoisotopic (exact) mass is 268 g/mol. The van der Waals surface area contributed by atoms with Crippen LogP contribution in [0.5, 0.6) is 5.75 Å². The lowest BCUT2D eigenvalue weighted by molar-refractivity contribution is 0.218. The average molecular weight is 268 g/mol. The smallest absolute Gasteiger partial charge is 0.120 e. The zero-order valence-electron chi connectivity index (χ0n) is 12.0. The van der Waals surface area contributed by atoms with Gasteiger partial charge in [-0.1, -0.05) is 35.9 Å². The molecule has 2 aromatic rings. The lowest BCUT2D eigenvalue weighted by Crippen LogP contribution is -2.03. The van der Waals surface area contributed by atoms with E-state index in [1.54, 1.807) is 0 Å². The molecule has 2 aromatic carbocycles. The summed E-state index contributed by atoms with van der Waals surface area (Å²) in [7, 11) is 0. The Bertz CT molecular complexity index is 615. The van der Waals surface area contributed by atoms with Gasteiger partial charge in [0.1, 0.15) is 11.9 Å². The van der Waals surface area contributed by atoms with Crippen molar-refractivity contribution in [1.82, 2.24) is 0 Å². The maximum absolute atomic E-state index is 10.6. The van der Waals surface area contributed by atoms with Crippen molar-refractivity contribution in [2.45, 2.75) is 38.9 Å². The summed E-state index contributed by atoms with van der Waals surface area (Å²) in [4.78, 5) is 0. The van der Waals surface area contributed by atoms with Gasteiger partial charge < -0.3 is 9.84 Å². The molecular weight excluding hydrogens is 248 g/mol. The Morgan fingerprint density at radius 1 is 1.10 bits per heavy atom. The van der Waals surface area contributed by atoms with E-state index in [-0.39, 0.29) is 0 Å². The second-order valence-electron chi connectivity index (χ2n) is 5.65. The average Bonchev–Trinajstić information content (AvgIpc) is 3.25. The van der Waals surface area contributed by atoms with Gasteiger partial charge in [-0.2, -0.15) is 0 Å². The largest absolute Gasteiger partial charge is 0.490 e. The van der Waals surface area contributed by atoms with Gasteiger partial charge in [0, 0.05) is 0 Å². The van der Waals surface area contributed by atoms with Crippen LogP contribution in [-0.2, 0) is 0 Å². The highest BCUT2D eigenvalue weighted by Crippen LogP contribution is 2.31. The second-order valence-corrected chi connectivity index (χ2v) is 5.65. The number of aliphatic hydroxyl groups excluding tert-OH is 1. The van der Waals surface area contributed by atoms with Gasteiger partial charge in [-0.05, 0) is 55.5 Å². The molecule has 2 heteroatoms. The van der Waals surface area contributed by atoms with Crippen LogP contribution in [0.25, 0.3) is 0 Å². The number of hydrogen-bond donors (Lipinski definition) is 1. The first-order valence-corrected chi connectivity index (χ1v) is 7.15. The van der Waals surface area contributed by atoms with Crippen molar-refractivity contribution in [1.29, 1.82) is 0 Å². The quantitative estimate of drug-likeness (QED) is 0.910. The van der Waals surface area contributed by atoms with Crippen LogP contribution < -0.4 is 4.74 Å². The van der Waals surface area contributed by atoms with Crippen LogP contribution in [0, 0.1) is 13.8 Å². The fourth-order valence-electron chi connectivity index (χ4n) is 2.37. The summed E-state index contributed by atoms with van der Waals surface area (Å²) in [5, 5.41) is 10.6. The van der Waals surface area contributed by atoms with Gasteiger partial charge in [-0.3, -0.25) is 0 Å². The van der Waals surface area contributed by atoms with Gasteiger partial charge in [-0.15, -0.1) is 0 Å². The summed E-state index contributed by atoms with van der Waals surface area (Å²) in [6.45, 7) is 4.07. The first-order valence-electron chi connectivity index (χ1n) is 7.15. The van der Waals surface area contributed by atoms with E-state index in [9.17, 15) is 5.11 Å². The van der Waals surface area contributed by atoms with Crippen LogP contribution >= 0.6 is 0 Å². The van der Waals surface area contributed by atoms with Crippen LogP contribution in [0.3, 0.4) is 0 Å². The number of aryl methyl sites for hydroxylation is 2. The molecule has 2 nitrogen and oxygen atoms in total. The zero-order valence-corrected chi connectivity index (χ0v) is 12.0. The molecule has 0 saturated heterocycles. The Kier molecular flexibility index (Phi) is 3.49. The Morgan fingerprint density at radius 3 is 2.65 bits per heavy atom. The molecule has 0 bridgehead atoms. The predicted octanol–water partition coefficient (Wildman–Crippen LogP) is 3.93. The molecule has 20 heavy (non-hydrogen) atoms. The lowest BCUT2D eigenvalue weighted by atomic mass is 9.96. The van der Waals surface area contributed by atoms with Crippen molar-refractivity contribution in [2.24, 2.45) is 0 Å². The number of benzene rings is 2. The maximum atomic E-state index is 10.6. The van der Waals surface area contributed by atoms with Gasteiger partial charge in [0.2, 0.25) is 0 Å². The normalized spacial score (nSPS) is 15.9. The highest BCUT2D eigenvalue weighted by Gasteiger charge is 2.23. The number of hydrogen-bond acceptors (Lipinski definition) is 2. The Labute approximate surface area is 120 Å². The number of aliphatic hydroxyl groups is 1. The highest BCUT2D eigenvalue weighted by molar-refractivity contribution is 5.40. The van der Waals surface area contributed by atoms with Gasteiger partial charge in [0.05, 0.1) is 6.10 Å². The molecule has 1 N–H and O–H groups in total. The van der Waals surface area contributed by atoms with Crippen molar-refractivity contribution in [2.75, 3.05) is 0 Å². The van der Waals surface area contributed by atoms with E-state index in [4.69, 9.17) is 4.74 Å². The molecule has 1 unspecified atom stereocenters. The van der Waals surface area contributed by atoms with E-state index in [1.807, 2.05) is 38.1 Å². The fraction of sp³-hybridized carbons (Fsp3) is 0.333. The second kappa shape index (κ2) is 5.29. The molecule has 1 saturated carbocycles. The Hall–Kier alpha value is -1.80. The third-order valence-corrected chi connectivity index (χ3v) is 3.73. The third kappa shape index (κ3) is 2.86. The van der Waals surface area contributed by atoms with Crippen molar-refractivity contribution in [3.63, 3.8) is 0 Å². The van der Waals surface area contributed by atoms with Crippen molar-refractivity contribution >= 4 is 0 Å². The Balaban J connectivity index is 1.88. The van der Waals surface area contributed by atoms with E-state index in [2.05, 4.69) is 18.2 Å². The molecule has 1 atom stereocenters. The van der Waals surface area contributed by atoms with Crippen molar-refractivity contribution in [3.05, 3.63) is 64.7 Å². The molecule has 0 aromatic heterocycles.